The molecule has 0 bridgehead atoms. The van der Waals surface area contributed by atoms with Gasteiger partial charge in [0.05, 0.1) is 18.8 Å². The predicted molar refractivity (Wildman–Crippen MR) is 157 cm³/mol. The summed E-state index contributed by atoms with van der Waals surface area (Å²) < 4.78 is 11.0. The van der Waals surface area contributed by atoms with E-state index in [9.17, 15) is 24.6 Å². The van der Waals surface area contributed by atoms with Gasteiger partial charge in [-0.25, -0.2) is 14.5 Å². The highest BCUT2D eigenvalue weighted by Crippen LogP contribution is 2.41. The number of carboxylic acid groups (broad SMARTS) is 1. The molecule has 0 aliphatic carbocycles. The van der Waals surface area contributed by atoms with Crippen molar-refractivity contribution in [3.8, 4) is 0 Å². The lowest BCUT2D eigenvalue weighted by molar-refractivity contribution is -0.187. The molecule has 2 heterocycles. The SMILES string of the molecule is COCC1CC(C(=O)[C@H](NC(=O)OC(C)(C)C)c2ccccc2)N(C2[C@@H](SC)CCN2[C@@](O)(NC(=O)O)C(C)C)C1. The van der Waals surface area contributed by atoms with Crippen molar-refractivity contribution < 1.29 is 34.1 Å². The second kappa shape index (κ2) is 13.7. The first-order chi connectivity index (χ1) is 19.2. The number of amides is 2. The highest BCUT2D eigenvalue weighted by molar-refractivity contribution is 7.99. The van der Waals surface area contributed by atoms with Gasteiger partial charge < -0.3 is 25.0 Å². The van der Waals surface area contributed by atoms with Crippen molar-refractivity contribution in [2.24, 2.45) is 11.8 Å². The Morgan fingerprint density at radius 1 is 1.17 bits per heavy atom. The van der Waals surface area contributed by atoms with Crippen LogP contribution in [0.5, 0.6) is 0 Å². The highest BCUT2D eigenvalue weighted by atomic mass is 32.2. The number of benzene rings is 1. The van der Waals surface area contributed by atoms with Crippen LogP contribution in [0, 0.1) is 11.8 Å². The molecule has 2 aliphatic heterocycles. The van der Waals surface area contributed by atoms with Crippen LogP contribution in [-0.4, -0.2) is 100.0 Å². The predicted octanol–water partition coefficient (Wildman–Crippen LogP) is 3.49. The van der Waals surface area contributed by atoms with Crippen molar-refractivity contribution in [3.63, 3.8) is 0 Å². The number of hydrogen-bond donors (Lipinski definition) is 4. The summed E-state index contributed by atoms with van der Waals surface area (Å²) in [6.45, 7) is 10.2. The lowest BCUT2D eigenvalue weighted by Crippen LogP contribution is -2.69. The molecule has 0 spiro atoms. The van der Waals surface area contributed by atoms with E-state index in [1.54, 1.807) is 70.5 Å². The quantitative estimate of drug-likeness (QED) is 0.282. The minimum atomic E-state index is -1.85. The van der Waals surface area contributed by atoms with Crippen LogP contribution in [0.15, 0.2) is 30.3 Å². The van der Waals surface area contributed by atoms with Crippen LogP contribution < -0.4 is 10.6 Å². The maximum atomic E-state index is 14.5. The number of aliphatic hydroxyl groups is 1. The number of ether oxygens (including phenoxy) is 2. The third kappa shape index (κ3) is 7.92. The maximum Gasteiger partial charge on any atom is 0.408 e. The number of carbonyl (C=O) groups excluding carboxylic acids is 2. The third-order valence-electron chi connectivity index (χ3n) is 7.72. The molecule has 2 saturated heterocycles. The zero-order valence-corrected chi connectivity index (χ0v) is 25.9. The van der Waals surface area contributed by atoms with Crippen LogP contribution in [0.1, 0.15) is 59.1 Å². The zero-order chi connectivity index (χ0) is 30.5. The fourth-order valence-electron chi connectivity index (χ4n) is 5.92. The molecule has 4 N–H and O–H groups in total. The molecule has 2 amide bonds. The molecule has 0 radical (unpaired) electrons. The van der Waals surface area contributed by atoms with E-state index in [1.807, 2.05) is 24.5 Å². The van der Waals surface area contributed by atoms with Gasteiger partial charge in [0.15, 0.2) is 5.78 Å². The van der Waals surface area contributed by atoms with Crippen molar-refractivity contribution in [1.29, 1.82) is 0 Å². The molecule has 12 heteroatoms. The van der Waals surface area contributed by atoms with Crippen molar-refractivity contribution in [3.05, 3.63) is 35.9 Å². The van der Waals surface area contributed by atoms with Gasteiger partial charge in [0.25, 0.3) is 0 Å². The average molecular weight is 595 g/mol. The summed E-state index contributed by atoms with van der Waals surface area (Å²) in [5, 5.41) is 26.5. The Kier molecular flexibility index (Phi) is 11.1. The minimum absolute atomic E-state index is 0.00135. The van der Waals surface area contributed by atoms with E-state index in [4.69, 9.17) is 9.47 Å². The fourth-order valence-corrected chi connectivity index (χ4v) is 6.81. The second-order valence-corrected chi connectivity index (χ2v) is 13.2. The van der Waals surface area contributed by atoms with Gasteiger partial charge in [0.2, 0.25) is 5.85 Å². The Balaban J connectivity index is 2.04. The summed E-state index contributed by atoms with van der Waals surface area (Å²) in [5.74, 6) is -2.50. The van der Waals surface area contributed by atoms with E-state index < -0.39 is 47.8 Å². The summed E-state index contributed by atoms with van der Waals surface area (Å²) in [7, 11) is 1.62. The molecule has 230 valence electrons. The van der Waals surface area contributed by atoms with Gasteiger partial charge in [-0.1, -0.05) is 44.2 Å². The molecular weight excluding hydrogens is 548 g/mol. The fraction of sp³-hybridized carbons (Fsp3) is 0.690. The summed E-state index contributed by atoms with van der Waals surface area (Å²) in [6.07, 6.45) is 0.706. The van der Waals surface area contributed by atoms with Gasteiger partial charge in [-0.15, -0.1) is 0 Å². The van der Waals surface area contributed by atoms with Gasteiger partial charge in [-0.2, -0.15) is 11.8 Å². The number of carbonyl (C=O) groups is 3. The molecule has 2 fully saturated rings. The smallest absolute Gasteiger partial charge is 0.408 e. The topological polar surface area (TPSA) is 141 Å². The maximum absolute atomic E-state index is 14.5. The Morgan fingerprint density at radius 3 is 2.37 bits per heavy atom. The van der Waals surface area contributed by atoms with Crippen molar-refractivity contribution >= 4 is 29.7 Å². The first-order valence-electron chi connectivity index (χ1n) is 14.1. The molecule has 0 aromatic heterocycles. The first kappa shape index (κ1) is 33.1. The normalized spacial score (nSPS) is 26.0. The number of methoxy groups -OCH3 is 1. The lowest BCUT2D eigenvalue weighted by Gasteiger charge is -2.47. The molecular formula is C29H46N4O7S. The van der Waals surface area contributed by atoms with Gasteiger partial charge in [-0.3, -0.25) is 15.0 Å². The van der Waals surface area contributed by atoms with Gasteiger partial charge >= 0.3 is 12.2 Å². The Labute approximate surface area is 247 Å². The summed E-state index contributed by atoms with van der Waals surface area (Å²) in [5.41, 5.74) is -0.111. The van der Waals surface area contributed by atoms with E-state index in [0.717, 1.165) is 0 Å². The number of hydrogen-bond acceptors (Lipinski definition) is 9. The summed E-state index contributed by atoms with van der Waals surface area (Å²) in [6, 6.07) is 7.47. The number of alkyl carbamates (subject to hydrolysis) is 1. The van der Waals surface area contributed by atoms with Crippen LogP contribution >= 0.6 is 11.8 Å². The lowest BCUT2D eigenvalue weighted by atomic mass is 9.94. The largest absolute Gasteiger partial charge is 0.465 e. The standard InChI is InChI=1S/C29H46N4O7S/c1-18(2)29(38,31-26(35)36)33-14-13-22(41-7)25(33)32-16-19(17-39-6)15-21(32)24(34)23(20-11-9-8-10-12-20)30-27(37)40-28(3,4)5/h8-12,18-19,21-23,25,31,38H,13-17H2,1-7H3,(H,30,37)(H,35,36)/t19?,21?,22-,23+,25?,29-/m0/s1. The zero-order valence-electron chi connectivity index (χ0n) is 25.1. The summed E-state index contributed by atoms with van der Waals surface area (Å²) in [4.78, 5) is 43.0. The number of nitrogens with zero attached hydrogens (tertiary/aromatic N) is 2. The number of ketones is 1. The van der Waals surface area contributed by atoms with Crippen LogP contribution in [-0.2, 0) is 14.3 Å². The number of thioether (sulfide) groups is 1. The van der Waals surface area contributed by atoms with Gasteiger partial charge in [-0.05, 0) is 51.3 Å². The monoisotopic (exact) mass is 594 g/mol. The van der Waals surface area contributed by atoms with Crippen LogP contribution in [0.3, 0.4) is 0 Å². The third-order valence-corrected chi connectivity index (χ3v) is 8.80. The molecule has 1 aromatic carbocycles. The Bertz CT molecular complexity index is 1050. The van der Waals surface area contributed by atoms with Crippen molar-refractivity contribution in [1.82, 2.24) is 20.4 Å². The molecule has 41 heavy (non-hydrogen) atoms. The molecule has 2 aliphatic rings. The van der Waals surface area contributed by atoms with E-state index in [1.165, 1.54) is 0 Å². The van der Waals surface area contributed by atoms with Crippen LogP contribution in [0.25, 0.3) is 0 Å². The number of Topliss-reactive ketones (excluding diaryl/α,β-unsaturated/α-hetero) is 1. The number of rotatable bonds is 11. The van der Waals surface area contributed by atoms with E-state index >= 15 is 0 Å². The van der Waals surface area contributed by atoms with Crippen molar-refractivity contribution in [2.45, 2.75) is 82.4 Å². The van der Waals surface area contributed by atoms with E-state index in [2.05, 4.69) is 15.5 Å². The molecule has 0 saturated carbocycles. The van der Waals surface area contributed by atoms with Crippen molar-refractivity contribution in [2.75, 3.05) is 33.1 Å². The minimum Gasteiger partial charge on any atom is -0.465 e. The van der Waals surface area contributed by atoms with E-state index in [0.29, 0.717) is 38.1 Å². The average Bonchev–Trinajstić information content (AvgIpc) is 3.50. The second-order valence-electron chi connectivity index (χ2n) is 12.1. The van der Waals surface area contributed by atoms with E-state index in [-0.39, 0.29) is 17.0 Å². The molecule has 3 unspecified atom stereocenters. The summed E-state index contributed by atoms with van der Waals surface area (Å²) >= 11 is 1.63. The first-order valence-corrected chi connectivity index (χ1v) is 15.4. The van der Waals surface area contributed by atoms with Gasteiger partial charge in [0, 0.05) is 31.4 Å². The number of nitrogens with one attached hydrogen (secondary N) is 2. The highest BCUT2D eigenvalue weighted by Gasteiger charge is 2.54. The molecule has 3 rings (SSSR count). The Hall–Kier alpha value is -2.38. The number of likely N-dealkylation sites (tertiary alicyclic amines) is 2. The van der Waals surface area contributed by atoms with Crippen LogP contribution in [0.4, 0.5) is 9.59 Å². The Morgan fingerprint density at radius 2 is 1.83 bits per heavy atom. The van der Waals surface area contributed by atoms with Crippen LogP contribution in [0.2, 0.25) is 0 Å². The molecule has 1 aromatic rings. The molecule has 11 nitrogen and oxygen atoms in total. The molecule has 6 atom stereocenters. The van der Waals surface area contributed by atoms with Gasteiger partial charge in [0.1, 0.15) is 11.6 Å².